The molecule has 0 amide bonds. The van der Waals surface area contributed by atoms with Crippen LogP contribution in [-0.2, 0) is 48.3 Å². The van der Waals surface area contributed by atoms with Gasteiger partial charge >= 0.3 is 0 Å². The summed E-state index contributed by atoms with van der Waals surface area (Å²) in [5.74, 6) is -0.319. The van der Waals surface area contributed by atoms with Crippen molar-refractivity contribution < 1.29 is 46.1 Å². The van der Waals surface area contributed by atoms with E-state index in [4.69, 9.17) is 0 Å². The predicted molar refractivity (Wildman–Crippen MR) is 95.9 cm³/mol. The topological polar surface area (TPSA) is 34.1 Å². The number of hydrogen-bond acceptors (Lipinski definition) is 2. The van der Waals surface area contributed by atoms with E-state index in [1.54, 1.807) is 12.3 Å². The second kappa shape index (κ2) is 8.44. The van der Waals surface area contributed by atoms with Crippen LogP contribution in [0.5, 0.6) is 0 Å². The molecule has 0 saturated heterocycles. The zero-order chi connectivity index (χ0) is 17.3. The van der Waals surface area contributed by atoms with Gasteiger partial charge in [0.05, 0.1) is 0 Å². The molecule has 0 aliphatic heterocycles. The SMILES string of the molecule is CC1=C(C[C-]=O)c2cc(F)ccc2/C1=C\c1ccc(S(C)=O)cc1.[Y]. The van der Waals surface area contributed by atoms with Gasteiger partial charge in [0.2, 0.25) is 0 Å². The van der Waals surface area contributed by atoms with Crippen LogP contribution >= 0.6 is 0 Å². The fraction of sp³-hybridized carbons (Fsp3) is 0.150. The van der Waals surface area contributed by atoms with Gasteiger partial charge in [-0.2, -0.15) is 0 Å². The molecule has 0 N–H and O–H groups in total. The van der Waals surface area contributed by atoms with Gasteiger partial charge in [-0.25, -0.2) is 4.39 Å². The number of benzene rings is 2. The van der Waals surface area contributed by atoms with Crippen molar-refractivity contribution in [2.24, 2.45) is 0 Å². The van der Waals surface area contributed by atoms with Crippen molar-refractivity contribution >= 4 is 34.3 Å². The average molecular weight is 428 g/mol. The van der Waals surface area contributed by atoms with Crippen LogP contribution in [0, 0.1) is 5.82 Å². The van der Waals surface area contributed by atoms with Gasteiger partial charge in [0.25, 0.3) is 0 Å². The molecule has 1 aliphatic rings. The fourth-order valence-corrected chi connectivity index (χ4v) is 3.50. The first-order valence-electron chi connectivity index (χ1n) is 7.52. The molecule has 1 radical (unpaired) electrons. The molecule has 0 fully saturated rings. The summed E-state index contributed by atoms with van der Waals surface area (Å²) < 4.78 is 25.1. The van der Waals surface area contributed by atoms with Crippen LogP contribution in [0.25, 0.3) is 17.2 Å². The van der Waals surface area contributed by atoms with E-state index in [2.05, 4.69) is 0 Å². The van der Waals surface area contributed by atoms with Crippen molar-refractivity contribution in [2.75, 3.05) is 6.26 Å². The maximum Gasteiger partial charge on any atom is 0.123 e. The van der Waals surface area contributed by atoms with E-state index in [-0.39, 0.29) is 44.9 Å². The molecule has 5 heteroatoms. The Morgan fingerprint density at radius 3 is 2.40 bits per heavy atom. The number of halogens is 1. The van der Waals surface area contributed by atoms with E-state index in [1.807, 2.05) is 43.6 Å². The van der Waals surface area contributed by atoms with Crippen LogP contribution < -0.4 is 0 Å². The van der Waals surface area contributed by atoms with Gasteiger partial charge in [0, 0.05) is 54.7 Å². The zero-order valence-corrected chi connectivity index (χ0v) is 17.7. The Labute approximate surface area is 174 Å². The van der Waals surface area contributed by atoms with Crippen LogP contribution in [0.2, 0.25) is 0 Å². The molecule has 1 aliphatic carbocycles. The molecule has 2 aromatic carbocycles. The van der Waals surface area contributed by atoms with E-state index >= 15 is 0 Å². The quantitative estimate of drug-likeness (QED) is 0.678. The molecule has 3 rings (SSSR count). The molecule has 1 unspecified atom stereocenters. The van der Waals surface area contributed by atoms with Crippen molar-refractivity contribution in [1.82, 2.24) is 0 Å². The number of allylic oxidation sites excluding steroid dienone is 3. The Kier molecular flexibility index (Phi) is 6.78. The summed E-state index contributed by atoms with van der Waals surface area (Å²) in [5, 5.41) is 0. The molecule has 125 valence electrons. The molecular formula is C20H16FO2SY-. The Hall–Kier alpha value is -1.23. The molecular weight excluding hydrogens is 412 g/mol. The molecule has 0 heterocycles. The molecule has 1 atom stereocenters. The van der Waals surface area contributed by atoms with Gasteiger partial charge in [-0.3, -0.25) is 10.5 Å². The molecule has 2 aromatic rings. The van der Waals surface area contributed by atoms with Crippen molar-refractivity contribution in [2.45, 2.75) is 18.2 Å². The third-order valence-corrected chi connectivity index (χ3v) is 5.16. The van der Waals surface area contributed by atoms with Crippen molar-refractivity contribution in [3.05, 3.63) is 70.5 Å². The first kappa shape index (κ1) is 20.1. The summed E-state index contributed by atoms with van der Waals surface area (Å²) in [5.41, 5.74) is 5.39. The van der Waals surface area contributed by atoms with Gasteiger partial charge < -0.3 is 4.79 Å². The second-order valence-electron chi connectivity index (χ2n) is 5.70. The van der Waals surface area contributed by atoms with E-state index in [9.17, 15) is 13.4 Å². The zero-order valence-electron chi connectivity index (χ0n) is 14.0. The molecule has 0 aromatic heterocycles. The van der Waals surface area contributed by atoms with Gasteiger partial charge in [-0.1, -0.05) is 23.8 Å². The Bertz CT molecular complexity index is 898. The maximum absolute atomic E-state index is 13.6. The van der Waals surface area contributed by atoms with Crippen LogP contribution in [0.15, 0.2) is 52.9 Å². The third kappa shape index (κ3) is 4.13. The van der Waals surface area contributed by atoms with Crippen molar-refractivity contribution in [3.8, 4) is 0 Å². The average Bonchev–Trinajstić information content (AvgIpc) is 2.81. The Morgan fingerprint density at radius 2 is 1.80 bits per heavy atom. The van der Waals surface area contributed by atoms with E-state index < -0.39 is 10.8 Å². The number of hydrogen-bond donors (Lipinski definition) is 0. The summed E-state index contributed by atoms with van der Waals surface area (Å²) in [7, 11) is -1.01. The number of carbonyl (C=O) groups excluding carboxylic acids is 1. The summed E-state index contributed by atoms with van der Waals surface area (Å²) in [6, 6.07) is 12.1. The number of fused-ring (bicyclic) bond motifs is 1. The molecule has 2 nitrogen and oxygen atoms in total. The molecule has 0 bridgehead atoms. The predicted octanol–water partition coefficient (Wildman–Crippen LogP) is 4.39. The van der Waals surface area contributed by atoms with E-state index in [0.29, 0.717) is 0 Å². The standard InChI is InChI=1S/C20H16FO2S.Y/c1-13-17(9-10-22)20-12-15(21)5-8-18(20)19(13)11-14-3-6-16(7-4-14)24(2)23;/h3-8,11-12H,9H2,1-2H3;/q-1;/b19-11-;. The van der Waals surface area contributed by atoms with Gasteiger partial charge in [-0.15, -0.1) is 6.42 Å². The van der Waals surface area contributed by atoms with Crippen molar-refractivity contribution in [1.29, 1.82) is 0 Å². The first-order valence-corrected chi connectivity index (χ1v) is 9.07. The van der Waals surface area contributed by atoms with Crippen molar-refractivity contribution in [3.63, 3.8) is 0 Å². The molecule has 0 spiro atoms. The van der Waals surface area contributed by atoms with E-state index in [1.165, 1.54) is 12.1 Å². The number of rotatable bonds is 4. The fourth-order valence-electron chi connectivity index (χ4n) is 2.98. The molecule has 25 heavy (non-hydrogen) atoms. The third-order valence-electron chi connectivity index (χ3n) is 4.23. The van der Waals surface area contributed by atoms with Crippen LogP contribution in [-0.4, -0.2) is 16.8 Å². The van der Waals surface area contributed by atoms with Gasteiger partial charge in [0.1, 0.15) is 5.82 Å². The summed E-state index contributed by atoms with van der Waals surface area (Å²) in [4.78, 5) is 11.6. The normalized spacial score (nSPS) is 15.7. The van der Waals surface area contributed by atoms with E-state index in [0.717, 1.165) is 38.3 Å². The van der Waals surface area contributed by atoms with Crippen LogP contribution in [0.4, 0.5) is 4.39 Å². The Balaban J connectivity index is 0.00000225. The second-order valence-corrected chi connectivity index (χ2v) is 7.08. The van der Waals surface area contributed by atoms with Gasteiger partial charge in [0.15, 0.2) is 0 Å². The summed E-state index contributed by atoms with van der Waals surface area (Å²) in [6.45, 7) is 1.94. The molecule has 0 saturated carbocycles. The monoisotopic (exact) mass is 428 g/mol. The van der Waals surface area contributed by atoms with Crippen LogP contribution in [0.3, 0.4) is 0 Å². The van der Waals surface area contributed by atoms with Crippen LogP contribution in [0.1, 0.15) is 30.0 Å². The minimum atomic E-state index is -1.01. The minimum absolute atomic E-state index is 0. The minimum Gasteiger partial charge on any atom is -0.541 e. The maximum atomic E-state index is 13.6. The largest absolute Gasteiger partial charge is 0.541 e. The van der Waals surface area contributed by atoms with Gasteiger partial charge in [-0.05, 0) is 65.1 Å². The Morgan fingerprint density at radius 1 is 1.12 bits per heavy atom. The smallest absolute Gasteiger partial charge is 0.123 e. The summed E-state index contributed by atoms with van der Waals surface area (Å²) in [6.07, 6.45) is 5.71. The first-order chi connectivity index (χ1) is 11.5. The summed E-state index contributed by atoms with van der Waals surface area (Å²) >= 11 is 0.